The summed E-state index contributed by atoms with van der Waals surface area (Å²) in [5.74, 6) is 0. The van der Waals surface area contributed by atoms with Gasteiger partial charge in [0.15, 0.2) is 0 Å². The third-order valence-corrected chi connectivity index (χ3v) is 0.667. The second kappa shape index (κ2) is 10.8. The Hall–Kier alpha value is -1.15. The molecule has 1 rings (SSSR count). The number of benzene rings is 1. The van der Waals surface area contributed by atoms with Gasteiger partial charge in [-0.2, -0.15) is 0 Å². The largest absolute Gasteiger partial charge is 0.412 e. The van der Waals surface area contributed by atoms with Gasteiger partial charge in [0.2, 0.25) is 0 Å². The van der Waals surface area contributed by atoms with E-state index in [1.807, 2.05) is 36.4 Å². The average Bonchev–Trinajstić information content (AvgIpc) is 1.93. The molecule has 0 heterocycles. The van der Waals surface area contributed by atoms with E-state index < -0.39 is 0 Å². The Morgan fingerprint density at radius 2 is 1.00 bits per heavy atom. The molecule has 0 fully saturated rings. The van der Waals surface area contributed by atoms with Crippen LogP contribution < -0.4 is 0 Å². The van der Waals surface area contributed by atoms with Crippen LogP contribution >= 0.6 is 0 Å². The maximum Gasteiger partial charge on any atom is 0.116 e. The van der Waals surface area contributed by atoms with Gasteiger partial charge in [0.25, 0.3) is 0 Å². The Labute approximate surface area is 60.8 Å². The normalized spacial score (nSPS) is 6.10. The third-order valence-electron chi connectivity index (χ3n) is 0.667. The Bertz CT molecular complexity index is 110. The van der Waals surface area contributed by atoms with Crippen molar-refractivity contribution in [3.63, 3.8) is 0 Å². The van der Waals surface area contributed by atoms with Gasteiger partial charge in [0.1, 0.15) is 6.29 Å². The molecule has 0 saturated heterocycles. The zero-order valence-corrected chi connectivity index (χ0v) is 5.95. The predicted octanol–water partition coefficient (Wildman–Crippen LogP) is 1.07. The number of rotatable bonds is 0. The molecule has 0 spiro atoms. The van der Waals surface area contributed by atoms with Crippen molar-refractivity contribution in [1.29, 1.82) is 0 Å². The van der Waals surface area contributed by atoms with Gasteiger partial charge in [0, 0.05) is 0 Å². The van der Waals surface area contributed by atoms with Gasteiger partial charge in [-0.15, -0.1) is 0 Å². The minimum Gasteiger partial charge on any atom is -0.412 e. The van der Waals surface area contributed by atoms with Gasteiger partial charge in [-0.25, -0.2) is 0 Å². The minimum absolute atomic E-state index is 0. The Balaban J connectivity index is 0. The summed E-state index contributed by atoms with van der Waals surface area (Å²) in [6.45, 7) is 1.44. The molecule has 2 heteroatoms. The molecule has 0 amide bonds. The van der Waals surface area contributed by atoms with Crippen molar-refractivity contribution in [2.75, 3.05) is 0 Å². The van der Waals surface area contributed by atoms with Crippen molar-refractivity contribution in [3.8, 4) is 0 Å². The van der Waals surface area contributed by atoms with Gasteiger partial charge in [-0.1, -0.05) is 36.4 Å². The van der Waals surface area contributed by atoms with Gasteiger partial charge in [-0.3, -0.25) is 0 Å². The first-order valence-corrected chi connectivity index (χ1v) is 2.81. The molecule has 2 nitrogen and oxygen atoms in total. The third kappa shape index (κ3) is 9.97. The zero-order valence-electron chi connectivity index (χ0n) is 5.95. The van der Waals surface area contributed by atoms with Crippen LogP contribution in [-0.2, 0) is 4.79 Å². The number of hydrogen-bond donors (Lipinski definition) is 0. The predicted molar refractivity (Wildman–Crippen MR) is 41.8 cm³/mol. The fraction of sp³-hybridized carbons (Fsp3) is 0.125. The lowest BCUT2D eigenvalue weighted by molar-refractivity contribution is -0.106. The van der Waals surface area contributed by atoms with E-state index in [1.54, 1.807) is 0 Å². The first-order valence-electron chi connectivity index (χ1n) is 2.81. The summed E-state index contributed by atoms with van der Waals surface area (Å²) in [5, 5.41) is 0. The van der Waals surface area contributed by atoms with Crippen LogP contribution in [0.5, 0.6) is 0 Å². The van der Waals surface area contributed by atoms with E-state index in [2.05, 4.69) is 0 Å². The quantitative estimate of drug-likeness (QED) is 0.497. The molecule has 0 atom stereocenters. The van der Waals surface area contributed by atoms with Crippen molar-refractivity contribution in [2.45, 2.75) is 6.92 Å². The van der Waals surface area contributed by atoms with Crippen LogP contribution in [0.4, 0.5) is 0 Å². The molecule has 0 bridgehead atoms. The molecule has 0 saturated carbocycles. The van der Waals surface area contributed by atoms with Crippen LogP contribution in [0.25, 0.3) is 0 Å². The van der Waals surface area contributed by atoms with E-state index in [4.69, 9.17) is 4.79 Å². The maximum absolute atomic E-state index is 8.81. The van der Waals surface area contributed by atoms with E-state index in [9.17, 15) is 0 Å². The SMILES string of the molecule is CC=O.O.c1ccccc1. The molecule has 2 N–H and O–H groups in total. The van der Waals surface area contributed by atoms with Crippen molar-refractivity contribution < 1.29 is 10.3 Å². The fourth-order valence-electron chi connectivity index (χ4n) is 0.385. The van der Waals surface area contributed by atoms with Crippen LogP contribution in [0.3, 0.4) is 0 Å². The molecule has 1 aromatic rings. The molecular formula is C8H12O2. The molecular weight excluding hydrogens is 128 g/mol. The van der Waals surface area contributed by atoms with Crippen LogP contribution in [0.2, 0.25) is 0 Å². The van der Waals surface area contributed by atoms with Crippen molar-refractivity contribution in [2.24, 2.45) is 0 Å². The Morgan fingerprint density at radius 3 is 1.10 bits per heavy atom. The van der Waals surface area contributed by atoms with E-state index in [0.29, 0.717) is 0 Å². The highest BCUT2D eigenvalue weighted by atomic mass is 16.1. The molecule has 0 radical (unpaired) electrons. The van der Waals surface area contributed by atoms with Gasteiger partial charge < -0.3 is 10.3 Å². The van der Waals surface area contributed by atoms with Crippen molar-refractivity contribution in [1.82, 2.24) is 0 Å². The first kappa shape index (κ1) is 11.6. The topological polar surface area (TPSA) is 48.6 Å². The number of aldehydes is 1. The molecule has 10 heavy (non-hydrogen) atoms. The standard InChI is InChI=1S/C6H6.C2H4O.H2O/c1-2-4-6-5-3-1;1-2-3;/h1-6H;2H,1H3;1H2. The van der Waals surface area contributed by atoms with Crippen LogP contribution in [0.15, 0.2) is 36.4 Å². The molecule has 0 aliphatic rings. The number of hydrogen-bond acceptors (Lipinski definition) is 1. The van der Waals surface area contributed by atoms with E-state index >= 15 is 0 Å². The lowest BCUT2D eigenvalue weighted by Gasteiger charge is -1.69. The zero-order chi connectivity index (χ0) is 6.95. The van der Waals surface area contributed by atoms with Crippen molar-refractivity contribution in [3.05, 3.63) is 36.4 Å². The number of carbonyl (C=O) groups is 1. The highest BCUT2D eigenvalue weighted by Gasteiger charge is 1.57. The lowest BCUT2D eigenvalue weighted by atomic mass is 10.4. The molecule has 0 aliphatic carbocycles. The van der Waals surface area contributed by atoms with Crippen molar-refractivity contribution >= 4 is 6.29 Å². The van der Waals surface area contributed by atoms with Gasteiger partial charge in [-0.05, 0) is 6.92 Å². The second-order valence-electron chi connectivity index (χ2n) is 1.39. The van der Waals surface area contributed by atoms with Crippen LogP contribution in [0.1, 0.15) is 6.92 Å². The fourth-order valence-corrected chi connectivity index (χ4v) is 0.385. The van der Waals surface area contributed by atoms with E-state index in [-0.39, 0.29) is 5.48 Å². The summed E-state index contributed by atoms with van der Waals surface area (Å²) >= 11 is 0. The summed E-state index contributed by atoms with van der Waals surface area (Å²) < 4.78 is 0. The van der Waals surface area contributed by atoms with Crippen LogP contribution in [-0.4, -0.2) is 11.8 Å². The lowest BCUT2D eigenvalue weighted by Crippen LogP contribution is -1.47. The van der Waals surface area contributed by atoms with Gasteiger partial charge in [0.05, 0.1) is 0 Å². The van der Waals surface area contributed by atoms with Gasteiger partial charge >= 0.3 is 0 Å². The molecule has 0 unspecified atom stereocenters. The van der Waals surface area contributed by atoms with E-state index in [0.717, 1.165) is 6.29 Å². The monoisotopic (exact) mass is 140 g/mol. The average molecular weight is 140 g/mol. The van der Waals surface area contributed by atoms with E-state index in [1.165, 1.54) is 6.92 Å². The summed E-state index contributed by atoms with van der Waals surface area (Å²) in [7, 11) is 0. The van der Waals surface area contributed by atoms with Crippen LogP contribution in [0, 0.1) is 0 Å². The highest BCUT2D eigenvalue weighted by molar-refractivity contribution is 5.44. The highest BCUT2D eigenvalue weighted by Crippen LogP contribution is 1.79. The summed E-state index contributed by atoms with van der Waals surface area (Å²) in [5.41, 5.74) is 0. The summed E-state index contributed by atoms with van der Waals surface area (Å²) in [6, 6.07) is 12.0. The number of carbonyl (C=O) groups excluding carboxylic acids is 1. The minimum atomic E-state index is 0. The molecule has 56 valence electrons. The maximum atomic E-state index is 8.81. The molecule has 1 aromatic carbocycles. The molecule has 0 aromatic heterocycles. The first-order chi connectivity index (χ1) is 4.41. The molecule has 0 aliphatic heterocycles. The summed E-state index contributed by atoms with van der Waals surface area (Å²) in [6.07, 6.45) is 0.750. The smallest absolute Gasteiger partial charge is 0.116 e. The second-order valence-corrected chi connectivity index (χ2v) is 1.39. The summed E-state index contributed by atoms with van der Waals surface area (Å²) in [4.78, 5) is 8.81. The Morgan fingerprint density at radius 1 is 0.900 bits per heavy atom. The Kier molecular flexibility index (Phi) is 12.5.